The van der Waals surface area contributed by atoms with Gasteiger partial charge in [0.1, 0.15) is 0 Å². The van der Waals surface area contributed by atoms with Crippen LogP contribution in [-0.4, -0.2) is 18.6 Å². The first-order valence-electron chi connectivity index (χ1n) is 6.06. The zero-order valence-corrected chi connectivity index (χ0v) is 10.9. The Bertz CT molecular complexity index is 618. The second-order valence-electron chi connectivity index (χ2n) is 4.26. The highest BCUT2D eigenvalue weighted by atomic mass is 16.1. The van der Waals surface area contributed by atoms with E-state index < -0.39 is 0 Å². The molecule has 96 valence electrons. The van der Waals surface area contributed by atoms with Gasteiger partial charge in [0, 0.05) is 29.4 Å². The molecule has 0 heterocycles. The first-order valence-corrected chi connectivity index (χ1v) is 6.06. The van der Waals surface area contributed by atoms with E-state index in [-0.39, 0.29) is 11.6 Å². The van der Waals surface area contributed by atoms with E-state index in [1.807, 2.05) is 18.2 Å². The molecule has 0 aromatic heterocycles. The lowest BCUT2D eigenvalue weighted by Crippen LogP contribution is -2.07. The van der Waals surface area contributed by atoms with Crippen LogP contribution in [-0.2, 0) is 0 Å². The molecule has 0 unspecified atom stereocenters. The van der Waals surface area contributed by atoms with Crippen molar-refractivity contribution < 1.29 is 9.59 Å². The molecular weight excluding hydrogens is 238 g/mol. The molecule has 0 aliphatic rings. The Morgan fingerprint density at radius 2 is 1.63 bits per heavy atom. The van der Waals surface area contributed by atoms with Crippen LogP contribution in [0.4, 0.5) is 5.69 Å². The minimum Gasteiger partial charge on any atom is -0.388 e. The first kappa shape index (κ1) is 13.0. The summed E-state index contributed by atoms with van der Waals surface area (Å²) in [7, 11) is 1.75. The highest BCUT2D eigenvalue weighted by Crippen LogP contribution is 2.21. The number of Topliss-reactive ketones (excluding diaryl/α,β-unsaturated/α-hetero) is 1. The molecule has 3 nitrogen and oxygen atoms in total. The number of carbonyl (C=O) groups excluding carboxylic acids is 2. The molecule has 2 aromatic carbocycles. The third-order valence-corrected chi connectivity index (χ3v) is 2.98. The molecule has 0 amide bonds. The van der Waals surface area contributed by atoms with Crippen LogP contribution in [0.1, 0.15) is 33.2 Å². The molecule has 0 aliphatic heterocycles. The maximum absolute atomic E-state index is 12.4. The molecular formula is C16H15NO2. The van der Waals surface area contributed by atoms with Crippen molar-refractivity contribution in [2.24, 2.45) is 0 Å². The van der Waals surface area contributed by atoms with E-state index >= 15 is 0 Å². The number of carbonyl (C=O) groups is 2. The van der Waals surface area contributed by atoms with Crippen LogP contribution in [0.2, 0.25) is 0 Å². The topological polar surface area (TPSA) is 46.2 Å². The second-order valence-corrected chi connectivity index (χ2v) is 4.26. The molecule has 0 saturated carbocycles. The van der Waals surface area contributed by atoms with Crippen LogP contribution < -0.4 is 5.32 Å². The molecule has 2 aromatic rings. The highest BCUT2D eigenvalue weighted by molar-refractivity contribution is 6.13. The molecule has 0 aliphatic carbocycles. The predicted molar refractivity (Wildman–Crippen MR) is 75.9 cm³/mol. The standard InChI is InChI=1S/C16H15NO2/c1-11(18)13-8-9-15(17-2)14(10-13)16(19)12-6-4-3-5-7-12/h3-10,17H,1-2H3. The normalized spacial score (nSPS) is 10.0. The van der Waals surface area contributed by atoms with Crippen LogP contribution in [0.3, 0.4) is 0 Å². The van der Waals surface area contributed by atoms with E-state index in [4.69, 9.17) is 0 Å². The lowest BCUT2D eigenvalue weighted by molar-refractivity contribution is 0.101. The summed E-state index contributed by atoms with van der Waals surface area (Å²) in [5.74, 6) is -0.141. The summed E-state index contributed by atoms with van der Waals surface area (Å²) in [5.41, 5.74) is 2.39. The Balaban J connectivity index is 2.51. The molecule has 3 heteroatoms. The maximum atomic E-state index is 12.4. The van der Waals surface area contributed by atoms with E-state index in [9.17, 15) is 9.59 Å². The van der Waals surface area contributed by atoms with Crippen molar-refractivity contribution in [2.75, 3.05) is 12.4 Å². The van der Waals surface area contributed by atoms with Gasteiger partial charge in [-0.15, -0.1) is 0 Å². The van der Waals surface area contributed by atoms with Gasteiger partial charge in [-0.2, -0.15) is 0 Å². The summed E-state index contributed by atoms with van der Waals surface area (Å²) >= 11 is 0. The van der Waals surface area contributed by atoms with Gasteiger partial charge in [-0.05, 0) is 25.1 Å². The molecule has 0 bridgehead atoms. The zero-order valence-electron chi connectivity index (χ0n) is 10.9. The van der Waals surface area contributed by atoms with Crippen LogP contribution in [0.5, 0.6) is 0 Å². The quantitative estimate of drug-likeness (QED) is 0.851. The van der Waals surface area contributed by atoms with Gasteiger partial charge in [-0.25, -0.2) is 0 Å². The smallest absolute Gasteiger partial charge is 0.195 e. The van der Waals surface area contributed by atoms with Crippen LogP contribution in [0, 0.1) is 0 Å². The van der Waals surface area contributed by atoms with E-state index in [0.29, 0.717) is 16.7 Å². The van der Waals surface area contributed by atoms with Crippen molar-refractivity contribution in [1.29, 1.82) is 0 Å². The minimum absolute atomic E-state index is 0.0511. The van der Waals surface area contributed by atoms with Gasteiger partial charge in [0.2, 0.25) is 0 Å². The lowest BCUT2D eigenvalue weighted by Gasteiger charge is -2.09. The summed E-state index contributed by atoms with van der Waals surface area (Å²) in [5, 5.41) is 2.98. The van der Waals surface area contributed by atoms with Gasteiger partial charge in [-0.3, -0.25) is 9.59 Å². The Morgan fingerprint density at radius 1 is 0.947 bits per heavy atom. The van der Waals surface area contributed by atoms with Crippen LogP contribution in [0.15, 0.2) is 48.5 Å². The fourth-order valence-corrected chi connectivity index (χ4v) is 1.91. The number of ketones is 2. The third kappa shape index (κ3) is 2.71. The Morgan fingerprint density at radius 3 is 2.21 bits per heavy atom. The predicted octanol–water partition coefficient (Wildman–Crippen LogP) is 3.16. The Kier molecular flexibility index (Phi) is 3.76. The van der Waals surface area contributed by atoms with Crippen molar-refractivity contribution in [1.82, 2.24) is 0 Å². The van der Waals surface area contributed by atoms with E-state index in [0.717, 1.165) is 5.69 Å². The van der Waals surface area contributed by atoms with Gasteiger partial charge in [0.05, 0.1) is 0 Å². The van der Waals surface area contributed by atoms with E-state index in [2.05, 4.69) is 5.32 Å². The molecule has 2 rings (SSSR count). The van der Waals surface area contributed by atoms with Crippen molar-refractivity contribution in [3.8, 4) is 0 Å². The molecule has 0 radical (unpaired) electrons. The van der Waals surface area contributed by atoms with Gasteiger partial charge >= 0.3 is 0 Å². The summed E-state index contributed by atoms with van der Waals surface area (Å²) < 4.78 is 0. The monoisotopic (exact) mass is 253 g/mol. The molecule has 0 spiro atoms. The maximum Gasteiger partial charge on any atom is 0.195 e. The zero-order chi connectivity index (χ0) is 13.8. The summed E-state index contributed by atoms with van der Waals surface area (Å²) in [6.45, 7) is 1.49. The average Bonchev–Trinajstić information content (AvgIpc) is 2.46. The fraction of sp³-hybridized carbons (Fsp3) is 0.125. The van der Waals surface area contributed by atoms with Gasteiger partial charge in [0.25, 0.3) is 0 Å². The minimum atomic E-state index is -0.0898. The highest BCUT2D eigenvalue weighted by Gasteiger charge is 2.14. The third-order valence-electron chi connectivity index (χ3n) is 2.98. The number of hydrogen-bond donors (Lipinski definition) is 1. The largest absolute Gasteiger partial charge is 0.388 e. The fourth-order valence-electron chi connectivity index (χ4n) is 1.91. The molecule has 0 fully saturated rings. The SMILES string of the molecule is CNc1ccc(C(C)=O)cc1C(=O)c1ccccc1. The van der Waals surface area contributed by atoms with Crippen molar-refractivity contribution in [2.45, 2.75) is 6.92 Å². The summed E-state index contributed by atoms with van der Waals surface area (Å²) in [6.07, 6.45) is 0. The van der Waals surface area contributed by atoms with Crippen LogP contribution >= 0.6 is 0 Å². The van der Waals surface area contributed by atoms with Gasteiger partial charge in [-0.1, -0.05) is 30.3 Å². The Hall–Kier alpha value is -2.42. The number of hydrogen-bond acceptors (Lipinski definition) is 3. The molecule has 0 saturated heterocycles. The molecule has 1 N–H and O–H groups in total. The average molecular weight is 253 g/mol. The summed E-state index contributed by atoms with van der Waals surface area (Å²) in [6, 6.07) is 14.2. The number of anilines is 1. The number of benzene rings is 2. The van der Waals surface area contributed by atoms with E-state index in [1.54, 1.807) is 37.4 Å². The molecule has 19 heavy (non-hydrogen) atoms. The summed E-state index contributed by atoms with van der Waals surface area (Å²) in [4.78, 5) is 23.9. The van der Waals surface area contributed by atoms with Crippen molar-refractivity contribution in [3.05, 3.63) is 65.2 Å². The first-order chi connectivity index (χ1) is 9.13. The van der Waals surface area contributed by atoms with Crippen molar-refractivity contribution in [3.63, 3.8) is 0 Å². The molecule has 0 atom stereocenters. The lowest BCUT2D eigenvalue weighted by atomic mass is 9.98. The van der Waals surface area contributed by atoms with E-state index in [1.165, 1.54) is 6.92 Å². The van der Waals surface area contributed by atoms with Gasteiger partial charge in [0.15, 0.2) is 11.6 Å². The van der Waals surface area contributed by atoms with Crippen molar-refractivity contribution >= 4 is 17.3 Å². The Labute approximate surface area is 112 Å². The van der Waals surface area contributed by atoms with Gasteiger partial charge < -0.3 is 5.32 Å². The second kappa shape index (κ2) is 5.48. The number of nitrogens with one attached hydrogen (secondary N) is 1. The van der Waals surface area contributed by atoms with Crippen LogP contribution in [0.25, 0.3) is 0 Å². The number of rotatable bonds is 4.